The van der Waals surface area contributed by atoms with Crippen LogP contribution in [0.2, 0.25) is 0 Å². The van der Waals surface area contributed by atoms with Crippen LogP contribution in [0.5, 0.6) is 0 Å². The highest BCUT2D eigenvalue weighted by atomic mass is 16.4. The molecule has 98 valence electrons. The molecule has 2 unspecified atom stereocenters. The van der Waals surface area contributed by atoms with E-state index >= 15 is 0 Å². The van der Waals surface area contributed by atoms with Crippen LogP contribution >= 0.6 is 0 Å². The highest BCUT2D eigenvalue weighted by Gasteiger charge is 2.37. The maximum absolute atomic E-state index is 12.1. The Hall–Kier alpha value is -1.10. The molecule has 2 atom stereocenters. The second-order valence-corrected chi connectivity index (χ2v) is 5.28. The van der Waals surface area contributed by atoms with Crippen molar-refractivity contribution >= 4 is 11.9 Å². The normalized spacial score (nSPS) is 25.9. The first-order valence-corrected chi connectivity index (χ1v) is 6.13. The van der Waals surface area contributed by atoms with Crippen molar-refractivity contribution in [3.05, 3.63) is 0 Å². The molecule has 1 aliphatic heterocycles. The first-order chi connectivity index (χ1) is 7.85. The molecule has 1 saturated heterocycles. The topological polar surface area (TPSA) is 78.4 Å². The second-order valence-electron chi connectivity index (χ2n) is 5.28. The van der Waals surface area contributed by atoms with E-state index in [0.29, 0.717) is 0 Å². The third-order valence-corrected chi connectivity index (χ3v) is 3.39. The van der Waals surface area contributed by atoms with Gasteiger partial charge in [0.15, 0.2) is 0 Å². The molecule has 0 spiro atoms. The van der Waals surface area contributed by atoms with Gasteiger partial charge in [0.25, 0.3) is 0 Å². The van der Waals surface area contributed by atoms with Crippen molar-refractivity contribution in [1.29, 1.82) is 0 Å². The van der Waals surface area contributed by atoms with Crippen LogP contribution in [0.3, 0.4) is 0 Å². The summed E-state index contributed by atoms with van der Waals surface area (Å²) in [4.78, 5) is 22.8. The maximum Gasteiger partial charge on any atom is 0.305 e. The molecule has 0 aromatic carbocycles. The molecule has 0 radical (unpaired) electrons. The van der Waals surface area contributed by atoms with Gasteiger partial charge in [-0.3, -0.25) is 9.59 Å². The molecular weight excluding hydrogens is 220 g/mol. The number of carboxylic acids is 1. The molecule has 0 aromatic heterocycles. The Morgan fingerprint density at radius 2 is 2.12 bits per heavy atom. The highest BCUT2D eigenvalue weighted by Crippen LogP contribution is 2.19. The number of rotatable bonds is 5. The zero-order valence-corrected chi connectivity index (χ0v) is 10.7. The molecule has 0 saturated carbocycles. The molecule has 0 aliphatic carbocycles. The third kappa shape index (κ3) is 3.70. The van der Waals surface area contributed by atoms with Gasteiger partial charge >= 0.3 is 5.97 Å². The first-order valence-electron chi connectivity index (χ1n) is 6.13. The predicted molar refractivity (Wildman–Crippen MR) is 64.7 cm³/mol. The molecule has 17 heavy (non-hydrogen) atoms. The van der Waals surface area contributed by atoms with Gasteiger partial charge in [-0.1, -0.05) is 13.8 Å². The molecule has 5 heteroatoms. The summed E-state index contributed by atoms with van der Waals surface area (Å²) in [5.41, 5.74) is -0.536. The lowest BCUT2D eigenvalue weighted by Gasteiger charge is -2.28. The van der Waals surface area contributed by atoms with Crippen LogP contribution in [0.1, 0.15) is 40.0 Å². The van der Waals surface area contributed by atoms with Crippen molar-refractivity contribution in [2.24, 2.45) is 5.92 Å². The summed E-state index contributed by atoms with van der Waals surface area (Å²) in [5.74, 6) is -0.858. The van der Waals surface area contributed by atoms with Crippen molar-refractivity contribution < 1.29 is 14.7 Å². The quantitative estimate of drug-likeness (QED) is 0.664. The van der Waals surface area contributed by atoms with Gasteiger partial charge in [0, 0.05) is 6.04 Å². The summed E-state index contributed by atoms with van der Waals surface area (Å²) in [5, 5.41) is 14.8. The lowest BCUT2D eigenvalue weighted by atomic mass is 9.95. The summed E-state index contributed by atoms with van der Waals surface area (Å²) < 4.78 is 0. The smallest absolute Gasteiger partial charge is 0.305 e. The van der Waals surface area contributed by atoms with E-state index in [-0.39, 0.29) is 24.3 Å². The van der Waals surface area contributed by atoms with Gasteiger partial charge in [0.1, 0.15) is 0 Å². The monoisotopic (exact) mass is 242 g/mol. The van der Waals surface area contributed by atoms with Crippen molar-refractivity contribution in [2.75, 3.05) is 6.54 Å². The molecule has 1 heterocycles. The molecule has 0 bridgehead atoms. The molecule has 0 aromatic rings. The average molecular weight is 242 g/mol. The lowest BCUT2D eigenvalue weighted by Crippen LogP contribution is -2.55. The van der Waals surface area contributed by atoms with E-state index < -0.39 is 11.5 Å². The number of nitrogens with one attached hydrogen (secondary N) is 2. The fourth-order valence-electron chi connectivity index (χ4n) is 2.06. The van der Waals surface area contributed by atoms with Gasteiger partial charge in [0.2, 0.25) is 5.91 Å². The Morgan fingerprint density at radius 1 is 1.47 bits per heavy atom. The molecule has 1 rings (SSSR count). The Balaban J connectivity index is 2.60. The van der Waals surface area contributed by atoms with Crippen molar-refractivity contribution in [2.45, 2.75) is 51.6 Å². The van der Waals surface area contributed by atoms with E-state index in [0.717, 1.165) is 19.4 Å². The minimum absolute atomic E-state index is 0.0283. The molecule has 1 fully saturated rings. The number of amides is 1. The van der Waals surface area contributed by atoms with Crippen molar-refractivity contribution in [1.82, 2.24) is 10.6 Å². The van der Waals surface area contributed by atoms with E-state index in [1.54, 1.807) is 0 Å². The SMILES string of the molecule is CC(C)C(CC(=O)O)NC(=O)C1(C)CCCN1. The maximum atomic E-state index is 12.1. The van der Waals surface area contributed by atoms with E-state index in [2.05, 4.69) is 10.6 Å². The van der Waals surface area contributed by atoms with Gasteiger partial charge in [-0.2, -0.15) is 0 Å². The van der Waals surface area contributed by atoms with Gasteiger partial charge in [-0.05, 0) is 32.2 Å². The zero-order valence-electron chi connectivity index (χ0n) is 10.7. The van der Waals surface area contributed by atoms with Gasteiger partial charge < -0.3 is 15.7 Å². The molecule has 1 aliphatic rings. The fraction of sp³-hybridized carbons (Fsp3) is 0.833. The summed E-state index contributed by atoms with van der Waals surface area (Å²) >= 11 is 0. The van der Waals surface area contributed by atoms with Crippen LogP contribution in [0.25, 0.3) is 0 Å². The van der Waals surface area contributed by atoms with Crippen LogP contribution < -0.4 is 10.6 Å². The Kier molecular flexibility index (Phi) is 4.51. The van der Waals surface area contributed by atoms with E-state index in [1.165, 1.54) is 0 Å². The molecule has 3 N–H and O–H groups in total. The summed E-state index contributed by atoms with van der Waals surface area (Å²) in [6.45, 7) is 6.54. The van der Waals surface area contributed by atoms with Gasteiger partial charge in [0.05, 0.1) is 12.0 Å². The Bertz CT molecular complexity index is 296. The standard InChI is InChI=1S/C12H22N2O3/c1-8(2)9(7-10(15)16)14-11(17)12(3)5-4-6-13-12/h8-9,13H,4-7H2,1-3H3,(H,14,17)(H,15,16). The average Bonchev–Trinajstić information content (AvgIpc) is 2.64. The molecule has 1 amide bonds. The second kappa shape index (κ2) is 5.49. The van der Waals surface area contributed by atoms with Crippen molar-refractivity contribution in [3.63, 3.8) is 0 Å². The van der Waals surface area contributed by atoms with Crippen LogP contribution in [0.4, 0.5) is 0 Å². The number of carbonyl (C=O) groups excluding carboxylic acids is 1. The number of hydrogen-bond acceptors (Lipinski definition) is 3. The molecule has 5 nitrogen and oxygen atoms in total. The number of hydrogen-bond donors (Lipinski definition) is 3. The summed E-state index contributed by atoms with van der Waals surface area (Å²) in [7, 11) is 0. The summed E-state index contributed by atoms with van der Waals surface area (Å²) in [6.07, 6.45) is 1.76. The van der Waals surface area contributed by atoms with Crippen LogP contribution in [0.15, 0.2) is 0 Å². The fourth-order valence-corrected chi connectivity index (χ4v) is 2.06. The summed E-state index contributed by atoms with van der Waals surface area (Å²) in [6, 6.07) is -0.306. The number of aliphatic carboxylic acids is 1. The van der Waals surface area contributed by atoms with Gasteiger partial charge in [-0.15, -0.1) is 0 Å². The zero-order chi connectivity index (χ0) is 13.1. The highest BCUT2D eigenvalue weighted by molar-refractivity contribution is 5.86. The van der Waals surface area contributed by atoms with Gasteiger partial charge in [-0.25, -0.2) is 0 Å². The predicted octanol–water partition coefficient (Wildman–Crippen LogP) is 0.744. The Labute approximate surface area is 102 Å². The number of carbonyl (C=O) groups is 2. The largest absolute Gasteiger partial charge is 0.481 e. The number of carboxylic acid groups (broad SMARTS) is 1. The van der Waals surface area contributed by atoms with Crippen LogP contribution in [0, 0.1) is 5.92 Å². The van der Waals surface area contributed by atoms with E-state index in [4.69, 9.17) is 5.11 Å². The minimum Gasteiger partial charge on any atom is -0.481 e. The van der Waals surface area contributed by atoms with E-state index in [1.807, 2.05) is 20.8 Å². The minimum atomic E-state index is -0.881. The van der Waals surface area contributed by atoms with Crippen LogP contribution in [-0.2, 0) is 9.59 Å². The lowest BCUT2D eigenvalue weighted by molar-refractivity contribution is -0.138. The molecular formula is C12H22N2O3. The van der Waals surface area contributed by atoms with E-state index in [9.17, 15) is 9.59 Å². The first kappa shape index (κ1) is 14.0. The van der Waals surface area contributed by atoms with Crippen molar-refractivity contribution in [3.8, 4) is 0 Å². The Morgan fingerprint density at radius 3 is 2.53 bits per heavy atom. The van der Waals surface area contributed by atoms with Crippen LogP contribution in [-0.4, -0.2) is 35.1 Å². The third-order valence-electron chi connectivity index (χ3n) is 3.39.